The highest BCUT2D eigenvalue weighted by atomic mass is 16.3. The quantitative estimate of drug-likeness (QED) is 0.690. The minimum atomic E-state index is -0.677. The van der Waals surface area contributed by atoms with Crippen LogP contribution in [-0.2, 0) is 11.2 Å². The summed E-state index contributed by atoms with van der Waals surface area (Å²) in [6, 6.07) is 10.1. The van der Waals surface area contributed by atoms with Gasteiger partial charge < -0.3 is 10.8 Å². The third kappa shape index (κ3) is 4.72. The number of rotatable bonds is 8. The van der Waals surface area contributed by atoms with E-state index in [4.69, 9.17) is 5.73 Å². The Morgan fingerprint density at radius 1 is 1.39 bits per heavy atom. The van der Waals surface area contributed by atoms with Crippen LogP contribution in [0.15, 0.2) is 43.0 Å². The van der Waals surface area contributed by atoms with E-state index in [0.717, 1.165) is 12.8 Å². The lowest BCUT2D eigenvalue weighted by Gasteiger charge is -2.18. The van der Waals surface area contributed by atoms with Gasteiger partial charge in [-0.1, -0.05) is 36.4 Å². The van der Waals surface area contributed by atoms with Crippen LogP contribution in [0.4, 0.5) is 0 Å². The van der Waals surface area contributed by atoms with E-state index in [0.29, 0.717) is 12.8 Å². The molecule has 0 aromatic heterocycles. The molecule has 3 nitrogen and oxygen atoms in total. The van der Waals surface area contributed by atoms with Crippen molar-refractivity contribution in [1.29, 1.82) is 0 Å². The number of carbonyl (C=O) groups is 1. The average molecular weight is 247 g/mol. The maximum atomic E-state index is 11.2. The van der Waals surface area contributed by atoms with E-state index in [1.54, 1.807) is 6.08 Å². The second-order valence-corrected chi connectivity index (χ2v) is 4.48. The normalized spacial score (nSPS) is 13.8. The number of aryl methyl sites for hydroxylation is 1. The first-order chi connectivity index (χ1) is 8.65. The van der Waals surface area contributed by atoms with Crippen molar-refractivity contribution in [2.75, 3.05) is 0 Å². The van der Waals surface area contributed by atoms with Crippen LogP contribution in [-0.4, -0.2) is 17.1 Å². The maximum absolute atomic E-state index is 11.2. The molecular weight excluding hydrogens is 226 g/mol. The third-order valence-corrected chi connectivity index (χ3v) is 3.06. The predicted molar refractivity (Wildman–Crippen MR) is 72.9 cm³/mol. The van der Waals surface area contributed by atoms with Crippen LogP contribution in [0, 0.1) is 5.92 Å². The van der Waals surface area contributed by atoms with Crippen LogP contribution in [0.25, 0.3) is 0 Å². The fourth-order valence-electron chi connectivity index (χ4n) is 2.00. The van der Waals surface area contributed by atoms with E-state index >= 15 is 0 Å². The number of aliphatic hydroxyl groups is 1. The van der Waals surface area contributed by atoms with Gasteiger partial charge in [-0.3, -0.25) is 4.79 Å². The highest BCUT2D eigenvalue weighted by Gasteiger charge is 2.22. The van der Waals surface area contributed by atoms with Crippen molar-refractivity contribution in [3.8, 4) is 0 Å². The van der Waals surface area contributed by atoms with Gasteiger partial charge in [0.2, 0.25) is 5.91 Å². The van der Waals surface area contributed by atoms with Crippen molar-refractivity contribution < 1.29 is 9.90 Å². The van der Waals surface area contributed by atoms with E-state index < -0.39 is 17.9 Å². The van der Waals surface area contributed by atoms with Crippen molar-refractivity contribution >= 4 is 5.91 Å². The van der Waals surface area contributed by atoms with Gasteiger partial charge in [-0.15, -0.1) is 6.58 Å². The van der Waals surface area contributed by atoms with E-state index in [-0.39, 0.29) is 0 Å². The highest BCUT2D eigenvalue weighted by Crippen LogP contribution is 2.15. The molecule has 3 heteroatoms. The molecule has 0 fully saturated rings. The number of hydrogen-bond donors (Lipinski definition) is 2. The maximum Gasteiger partial charge on any atom is 0.223 e. The molecule has 0 bridgehead atoms. The van der Waals surface area contributed by atoms with Gasteiger partial charge in [0.05, 0.1) is 12.0 Å². The standard InChI is InChI=1S/C15H21NO2/c1-2-7-13(15(16)18)14(17)11-6-10-12-8-4-3-5-9-12/h2-5,8-9,13-14,17H,1,6-7,10-11H2,(H2,16,18)/t13-,14?/m1/s1. The fourth-order valence-corrected chi connectivity index (χ4v) is 2.00. The summed E-state index contributed by atoms with van der Waals surface area (Å²) in [6.45, 7) is 3.57. The summed E-state index contributed by atoms with van der Waals surface area (Å²) in [4.78, 5) is 11.2. The lowest BCUT2D eigenvalue weighted by molar-refractivity contribution is -0.125. The molecule has 0 saturated carbocycles. The summed E-state index contributed by atoms with van der Waals surface area (Å²) in [5.74, 6) is -0.972. The first-order valence-electron chi connectivity index (χ1n) is 6.27. The molecule has 1 aromatic rings. The Morgan fingerprint density at radius 2 is 2.06 bits per heavy atom. The molecule has 3 N–H and O–H groups in total. The SMILES string of the molecule is C=CC[C@@H](C(N)=O)C(O)CCCc1ccccc1. The van der Waals surface area contributed by atoms with Crippen LogP contribution in [0.2, 0.25) is 0 Å². The molecule has 1 aromatic carbocycles. The number of primary amides is 1. The Hall–Kier alpha value is -1.61. The van der Waals surface area contributed by atoms with Crippen LogP contribution >= 0.6 is 0 Å². The second-order valence-electron chi connectivity index (χ2n) is 4.48. The smallest absolute Gasteiger partial charge is 0.223 e. The molecule has 0 aliphatic carbocycles. The van der Waals surface area contributed by atoms with Crippen LogP contribution in [0.5, 0.6) is 0 Å². The molecule has 1 amide bonds. The molecule has 0 radical (unpaired) electrons. The lowest BCUT2D eigenvalue weighted by Crippen LogP contribution is -2.33. The largest absolute Gasteiger partial charge is 0.392 e. The van der Waals surface area contributed by atoms with Gasteiger partial charge in [-0.05, 0) is 31.2 Å². The first-order valence-corrected chi connectivity index (χ1v) is 6.27. The van der Waals surface area contributed by atoms with Gasteiger partial charge >= 0.3 is 0 Å². The van der Waals surface area contributed by atoms with Gasteiger partial charge in [0, 0.05) is 0 Å². The van der Waals surface area contributed by atoms with Gasteiger partial charge in [-0.2, -0.15) is 0 Å². The minimum absolute atomic E-state index is 0.432. The number of benzene rings is 1. The molecule has 1 rings (SSSR count). The minimum Gasteiger partial charge on any atom is -0.392 e. The predicted octanol–water partition coefficient (Wildman–Crippen LogP) is 2.05. The van der Waals surface area contributed by atoms with Gasteiger partial charge in [-0.25, -0.2) is 0 Å². The summed E-state index contributed by atoms with van der Waals surface area (Å²) in [6.07, 6.45) is 3.70. The zero-order chi connectivity index (χ0) is 13.4. The Bertz CT molecular complexity index is 375. The van der Waals surface area contributed by atoms with Crippen molar-refractivity contribution in [3.05, 3.63) is 48.6 Å². The average Bonchev–Trinajstić information content (AvgIpc) is 2.36. The zero-order valence-corrected chi connectivity index (χ0v) is 10.6. The number of aliphatic hydroxyl groups excluding tert-OH is 1. The van der Waals surface area contributed by atoms with Crippen molar-refractivity contribution in [2.45, 2.75) is 31.8 Å². The number of carbonyl (C=O) groups excluding carboxylic acids is 1. The van der Waals surface area contributed by atoms with Crippen LogP contribution in [0.1, 0.15) is 24.8 Å². The van der Waals surface area contributed by atoms with E-state index in [1.165, 1.54) is 5.56 Å². The Kier molecular flexibility index (Phi) is 6.15. The monoisotopic (exact) mass is 247 g/mol. The Balaban J connectivity index is 2.37. The molecule has 0 heterocycles. The molecule has 1 unspecified atom stereocenters. The summed E-state index contributed by atoms with van der Waals surface area (Å²) in [5.41, 5.74) is 6.50. The molecule has 2 atom stereocenters. The topological polar surface area (TPSA) is 63.3 Å². The Morgan fingerprint density at radius 3 is 2.61 bits per heavy atom. The van der Waals surface area contributed by atoms with Gasteiger partial charge in [0.1, 0.15) is 0 Å². The fraction of sp³-hybridized carbons (Fsp3) is 0.400. The van der Waals surface area contributed by atoms with E-state index in [9.17, 15) is 9.90 Å². The summed E-state index contributed by atoms with van der Waals surface area (Å²) in [7, 11) is 0. The number of allylic oxidation sites excluding steroid dienone is 1. The Labute approximate surface area is 108 Å². The van der Waals surface area contributed by atoms with E-state index in [2.05, 4.69) is 18.7 Å². The molecule has 0 saturated heterocycles. The molecule has 18 heavy (non-hydrogen) atoms. The third-order valence-electron chi connectivity index (χ3n) is 3.06. The van der Waals surface area contributed by atoms with Crippen molar-refractivity contribution in [3.63, 3.8) is 0 Å². The van der Waals surface area contributed by atoms with Gasteiger partial charge in [0.25, 0.3) is 0 Å². The van der Waals surface area contributed by atoms with E-state index in [1.807, 2.05) is 18.2 Å². The number of nitrogens with two attached hydrogens (primary N) is 1. The van der Waals surface area contributed by atoms with Crippen molar-refractivity contribution in [2.24, 2.45) is 11.7 Å². The van der Waals surface area contributed by atoms with Crippen LogP contribution < -0.4 is 5.73 Å². The van der Waals surface area contributed by atoms with Gasteiger partial charge in [0.15, 0.2) is 0 Å². The molecule has 0 aliphatic rings. The molecule has 0 aliphatic heterocycles. The molecular formula is C15H21NO2. The first kappa shape index (κ1) is 14.5. The van der Waals surface area contributed by atoms with Crippen molar-refractivity contribution in [1.82, 2.24) is 0 Å². The van der Waals surface area contributed by atoms with Crippen LogP contribution in [0.3, 0.4) is 0 Å². The summed E-state index contributed by atoms with van der Waals surface area (Å²) < 4.78 is 0. The number of amides is 1. The lowest BCUT2D eigenvalue weighted by atomic mass is 9.93. The molecule has 98 valence electrons. The number of hydrogen-bond acceptors (Lipinski definition) is 2. The second kappa shape index (κ2) is 7.67. The zero-order valence-electron chi connectivity index (χ0n) is 10.6. The summed E-state index contributed by atoms with van der Waals surface area (Å²) in [5, 5.41) is 9.94. The molecule has 0 spiro atoms. The highest BCUT2D eigenvalue weighted by molar-refractivity contribution is 5.77. The summed E-state index contributed by atoms with van der Waals surface area (Å²) >= 11 is 0.